The SMILES string of the molecule is Cc1ccc(S(=O)(=O)N(C)[C@@H]2CC[C@H](N3CCC(C)CC3)C2)cc1. The molecule has 0 bridgehead atoms. The molecule has 2 aliphatic rings. The Balaban J connectivity index is 1.65. The predicted molar refractivity (Wildman–Crippen MR) is 97.5 cm³/mol. The minimum atomic E-state index is -3.39. The van der Waals surface area contributed by atoms with E-state index in [0.717, 1.165) is 30.7 Å². The Hall–Kier alpha value is -0.910. The van der Waals surface area contributed by atoms with Gasteiger partial charge in [-0.3, -0.25) is 0 Å². The molecule has 0 amide bonds. The second-order valence-corrected chi connectivity index (χ2v) is 9.67. The number of sulfonamides is 1. The molecular formula is C19H30N2O2S. The molecule has 1 aromatic carbocycles. The maximum absolute atomic E-state index is 12.9. The fraction of sp³-hybridized carbons (Fsp3) is 0.684. The Bertz CT molecular complexity index is 648. The van der Waals surface area contributed by atoms with Crippen LogP contribution in [0.1, 0.15) is 44.6 Å². The van der Waals surface area contributed by atoms with Crippen molar-refractivity contribution in [3.63, 3.8) is 0 Å². The van der Waals surface area contributed by atoms with E-state index in [0.29, 0.717) is 10.9 Å². The van der Waals surface area contributed by atoms with Gasteiger partial charge in [0.1, 0.15) is 0 Å². The first kappa shape index (κ1) is 17.9. The van der Waals surface area contributed by atoms with Gasteiger partial charge in [-0.15, -0.1) is 0 Å². The van der Waals surface area contributed by atoms with E-state index in [9.17, 15) is 8.42 Å². The molecule has 0 spiro atoms. The second-order valence-electron chi connectivity index (χ2n) is 7.67. The van der Waals surface area contributed by atoms with Crippen LogP contribution in [-0.4, -0.2) is 49.8 Å². The van der Waals surface area contributed by atoms with Gasteiger partial charge in [0, 0.05) is 19.1 Å². The molecule has 0 aromatic heterocycles. The summed E-state index contributed by atoms with van der Waals surface area (Å²) in [6.45, 7) is 6.65. The number of hydrogen-bond donors (Lipinski definition) is 0. The fourth-order valence-electron chi connectivity index (χ4n) is 4.06. The highest BCUT2D eigenvalue weighted by atomic mass is 32.2. The van der Waals surface area contributed by atoms with E-state index >= 15 is 0 Å². The van der Waals surface area contributed by atoms with Crippen molar-refractivity contribution in [3.05, 3.63) is 29.8 Å². The first-order valence-corrected chi connectivity index (χ1v) is 10.6. The van der Waals surface area contributed by atoms with E-state index in [-0.39, 0.29) is 6.04 Å². The van der Waals surface area contributed by atoms with Crippen LogP contribution >= 0.6 is 0 Å². The van der Waals surface area contributed by atoms with Crippen molar-refractivity contribution >= 4 is 10.0 Å². The molecule has 0 radical (unpaired) electrons. The van der Waals surface area contributed by atoms with Gasteiger partial charge in [0.15, 0.2) is 0 Å². The van der Waals surface area contributed by atoms with Crippen molar-refractivity contribution in [1.29, 1.82) is 0 Å². The molecule has 3 rings (SSSR count). The summed E-state index contributed by atoms with van der Waals surface area (Å²) in [5, 5.41) is 0. The molecule has 1 saturated carbocycles. The summed E-state index contributed by atoms with van der Waals surface area (Å²) in [6.07, 6.45) is 5.61. The lowest BCUT2D eigenvalue weighted by molar-refractivity contribution is 0.136. The average molecular weight is 351 g/mol. The van der Waals surface area contributed by atoms with Crippen molar-refractivity contribution in [3.8, 4) is 0 Å². The van der Waals surface area contributed by atoms with Gasteiger partial charge in [0.25, 0.3) is 0 Å². The van der Waals surface area contributed by atoms with Gasteiger partial charge in [-0.2, -0.15) is 4.31 Å². The molecule has 134 valence electrons. The molecular weight excluding hydrogens is 320 g/mol. The molecule has 1 aromatic rings. The topological polar surface area (TPSA) is 40.6 Å². The van der Waals surface area contributed by atoms with Crippen LogP contribution in [-0.2, 0) is 10.0 Å². The largest absolute Gasteiger partial charge is 0.300 e. The van der Waals surface area contributed by atoms with Crippen molar-refractivity contribution in [2.75, 3.05) is 20.1 Å². The normalized spacial score (nSPS) is 27.0. The van der Waals surface area contributed by atoms with Crippen molar-refractivity contribution in [1.82, 2.24) is 9.21 Å². The molecule has 1 aliphatic heterocycles. The Kier molecular flexibility index (Phi) is 5.33. The van der Waals surface area contributed by atoms with Crippen molar-refractivity contribution in [2.45, 2.75) is 62.9 Å². The maximum Gasteiger partial charge on any atom is 0.243 e. The molecule has 0 N–H and O–H groups in total. The number of aryl methyl sites for hydroxylation is 1. The molecule has 1 aliphatic carbocycles. The van der Waals surface area contributed by atoms with Crippen LogP contribution in [0, 0.1) is 12.8 Å². The summed E-state index contributed by atoms with van der Waals surface area (Å²) in [6, 6.07) is 7.86. The highest BCUT2D eigenvalue weighted by Crippen LogP contribution is 2.32. The minimum absolute atomic E-state index is 0.126. The Morgan fingerprint density at radius 3 is 2.29 bits per heavy atom. The summed E-state index contributed by atoms with van der Waals surface area (Å²) < 4.78 is 27.4. The van der Waals surface area contributed by atoms with E-state index in [2.05, 4.69) is 11.8 Å². The lowest BCUT2D eigenvalue weighted by Crippen LogP contribution is -2.41. The Morgan fingerprint density at radius 1 is 1.04 bits per heavy atom. The molecule has 2 fully saturated rings. The number of likely N-dealkylation sites (tertiary alicyclic amines) is 1. The van der Waals surface area contributed by atoms with Crippen LogP contribution in [0.4, 0.5) is 0 Å². The van der Waals surface area contributed by atoms with Crippen molar-refractivity contribution in [2.24, 2.45) is 5.92 Å². The quantitative estimate of drug-likeness (QED) is 0.837. The monoisotopic (exact) mass is 350 g/mol. The van der Waals surface area contributed by atoms with Gasteiger partial charge >= 0.3 is 0 Å². The fourth-order valence-corrected chi connectivity index (χ4v) is 5.46. The van der Waals surface area contributed by atoms with Crippen LogP contribution < -0.4 is 0 Å². The maximum atomic E-state index is 12.9. The van der Waals surface area contributed by atoms with E-state index in [1.165, 1.54) is 25.9 Å². The first-order valence-electron chi connectivity index (χ1n) is 9.16. The standard InChI is InChI=1S/C19H30N2O2S/c1-15-4-8-19(9-5-15)24(22,23)20(3)17-6-7-18(14-17)21-12-10-16(2)11-13-21/h4-5,8-9,16-18H,6-7,10-14H2,1-3H3/t17-,18+/m1/s1. The summed E-state index contributed by atoms with van der Waals surface area (Å²) in [4.78, 5) is 3.00. The highest BCUT2D eigenvalue weighted by molar-refractivity contribution is 7.89. The molecule has 1 saturated heterocycles. The van der Waals surface area contributed by atoms with Gasteiger partial charge in [0.2, 0.25) is 10.0 Å². The van der Waals surface area contributed by atoms with Crippen LogP contribution in [0.15, 0.2) is 29.2 Å². The zero-order valence-corrected chi connectivity index (χ0v) is 15.9. The summed E-state index contributed by atoms with van der Waals surface area (Å²) in [5.41, 5.74) is 1.08. The number of hydrogen-bond acceptors (Lipinski definition) is 3. The van der Waals surface area contributed by atoms with Gasteiger partial charge in [0.05, 0.1) is 4.90 Å². The summed E-state index contributed by atoms with van der Waals surface area (Å²) in [5.74, 6) is 0.836. The van der Waals surface area contributed by atoms with Gasteiger partial charge < -0.3 is 4.90 Å². The predicted octanol–water partition coefficient (Wildman–Crippen LogP) is 3.27. The lowest BCUT2D eigenvalue weighted by Gasteiger charge is -2.35. The smallest absolute Gasteiger partial charge is 0.243 e. The van der Waals surface area contributed by atoms with Gasteiger partial charge in [-0.1, -0.05) is 24.6 Å². The van der Waals surface area contributed by atoms with Gasteiger partial charge in [-0.05, 0) is 70.2 Å². The first-order chi connectivity index (χ1) is 11.4. The second kappa shape index (κ2) is 7.14. The third kappa shape index (κ3) is 3.68. The summed E-state index contributed by atoms with van der Waals surface area (Å²) in [7, 11) is -1.64. The highest BCUT2D eigenvalue weighted by Gasteiger charge is 2.36. The number of piperidine rings is 1. The van der Waals surface area contributed by atoms with E-state index in [1.54, 1.807) is 23.5 Å². The Labute approximate surface area is 146 Å². The number of nitrogens with zero attached hydrogens (tertiary/aromatic N) is 2. The molecule has 2 atom stereocenters. The van der Waals surface area contributed by atoms with Gasteiger partial charge in [-0.25, -0.2) is 8.42 Å². The Morgan fingerprint density at radius 2 is 1.67 bits per heavy atom. The van der Waals surface area contributed by atoms with Crippen LogP contribution in [0.2, 0.25) is 0 Å². The number of rotatable bonds is 4. The van der Waals surface area contributed by atoms with Crippen molar-refractivity contribution < 1.29 is 8.42 Å². The molecule has 0 unspecified atom stereocenters. The van der Waals surface area contributed by atoms with Crippen LogP contribution in [0.3, 0.4) is 0 Å². The average Bonchev–Trinajstić information content (AvgIpc) is 3.05. The number of benzene rings is 1. The zero-order chi connectivity index (χ0) is 17.3. The van der Waals surface area contributed by atoms with E-state index < -0.39 is 10.0 Å². The summed E-state index contributed by atoms with van der Waals surface area (Å²) >= 11 is 0. The zero-order valence-electron chi connectivity index (χ0n) is 15.1. The van der Waals surface area contributed by atoms with E-state index in [4.69, 9.17) is 0 Å². The third-order valence-corrected chi connectivity index (χ3v) is 7.85. The molecule has 24 heavy (non-hydrogen) atoms. The molecule has 1 heterocycles. The molecule has 4 nitrogen and oxygen atoms in total. The van der Waals surface area contributed by atoms with Crippen LogP contribution in [0.25, 0.3) is 0 Å². The van der Waals surface area contributed by atoms with E-state index in [1.807, 2.05) is 19.1 Å². The lowest BCUT2D eigenvalue weighted by atomic mass is 9.97. The third-order valence-electron chi connectivity index (χ3n) is 5.92. The molecule has 5 heteroatoms. The minimum Gasteiger partial charge on any atom is -0.300 e. The van der Waals surface area contributed by atoms with Crippen LogP contribution in [0.5, 0.6) is 0 Å².